The molecule has 8 nitrogen and oxygen atoms in total. The van der Waals surface area contributed by atoms with Crippen LogP contribution in [-0.2, 0) is 0 Å². The standard InChI is InChI=1S/C21H17N3O5/c1-29-18-12-13(11-17(19(18)25)24(27)28)20-22-16-10-6-5-9-15(16)21(26)23(20)14-7-3-2-4-8-14/h2-12,20,22,25H,1H3/p-1/t20-/m0/s1. The molecule has 29 heavy (non-hydrogen) atoms. The number of nitro benzene ring substituents is 1. The molecule has 0 bridgehead atoms. The van der Waals surface area contributed by atoms with E-state index in [1.165, 1.54) is 24.1 Å². The zero-order valence-electron chi connectivity index (χ0n) is 15.4. The molecule has 4 rings (SSSR count). The van der Waals surface area contributed by atoms with Crippen LogP contribution in [0.4, 0.5) is 17.1 Å². The molecule has 146 valence electrons. The maximum absolute atomic E-state index is 13.3. The van der Waals surface area contributed by atoms with Crippen molar-refractivity contribution in [3.05, 3.63) is 88.0 Å². The van der Waals surface area contributed by atoms with Crippen LogP contribution in [0.1, 0.15) is 22.1 Å². The summed E-state index contributed by atoms with van der Waals surface area (Å²) in [7, 11) is 1.27. The van der Waals surface area contributed by atoms with Crippen LogP contribution < -0.4 is 20.1 Å². The van der Waals surface area contributed by atoms with Gasteiger partial charge in [-0.3, -0.25) is 19.8 Å². The minimum atomic E-state index is -0.810. The third kappa shape index (κ3) is 3.10. The Morgan fingerprint density at radius 1 is 1.07 bits per heavy atom. The fourth-order valence-electron chi connectivity index (χ4n) is 3.40. The topological polar surface area (TPSA) is 108 Å². The van der Waals surface area contributed by atoms with Crippen molar-refractivity contribution in [2.45, 2.75) is 6.17 Å². The van der Waals surface area contributed by atoms with Crippen molar-refractivity contribution in [1.29, 1.82) is 0 Å². The lowest BCUT2D eigenvalue weighted by atomic mass is 10.0. The molecule has 0 unspecified atom stereocenters. The van der Waals surface area contributed by atoms with E-state index in [1.807, 2.05) is 6.07 Å². The Morgan fingerprint density at radius 3 is 2.45 bits per heavy atom. The molecule has 8 heteroatoms. The Labute approximate surface area is 166 Å². The van der Waals surface area contributed by atoms with Gasteiger partial charge in [-0.1, -0.05) is 30.3 Å². The second-order valence-corrected chi connectivity index (χ2v) is 6.43. The normalized spacial score (nSPS) is 15.4. The third-order valence-corrected chi connectivity index (χ3v) is 4.75. The number of ether oxygens (including phenoxy) is 1. The van der Waals surface area contributed by atoms with E-state index >= 15 is 0 Å². The number of carbonyl (C=O) groups excluding carboxylic acids is 1. The molecule has 1 N–H and O–H groups in total. The number of anilines is 2. The van der Waals surface area contributed by atoms with E-state index in [9.17, 15) is 20.0 Å². The first kappa shape index (κ1) is 18.3. The molecular formula is C21H16N3O5-. The van der Waals surface area contributed by atoms with Gasteiger partial charge in [-0.25, -0.2) is 0 Å². The van der Waals surface area contributed by atoms with E-state index in [4.69, 9.17) is 4.74 Å². The van der Waals surface area contributed by atoms with Crippen LogP contribution in [0.3, 0.4) is 0 Å². The van der Waals surface area contributed by atoms with Crippen molar-refractivity contribution in [2.24, 2.45) is 0 Å². The summed E-state index contributed by atoms with van der Waals surface area (Å²) >= 11 is 0. The Kier molecular flexibility index (Phi) is 4.52. The number of hydrogen-bond acceptors (Lipinski definition) is 6. The fourth-order valence-corrected chi connectivity index (χ4v) is 3.40. The van der Waals surface area contributed by atoms with Gasteiger partial charge in [0.15, 0.2) is 0 Å². The lowest BCUT2D eigenvalue weighted by Gasteiger charge is -2.38. The molecule has 0 spiro atoms. The van der Waals surface area contributed by atoms with E-state index < -0.39 is 22.5 Å². The number of fused-ring (bicyclic) bond motifs is 1. The summed E-state index contributed by atoms with van der Waals surface area (Å²) in [5, 5.41) is 26.9. The highest BCUT2D eigenvalue weighted by atomic mass is 16.6. The highest BCUT2D eigenvalue weighted by Gasteiger charge is 2.35. The van der Waals surface area contributed by atoms with Gasteiger partial charge in [0.25, 0.3) is 11.6 Å². The summed E-state index contributed by atoms with van der Waals surface area (Å²) in [5.74, 6) is -1.23. The summed E-state index contributed by atoms with van der Waals surface area (Å²) in [4.78, 5) is 25.4. The van der Waals surface area contributed by atoms with Crippen molar-refractivity contribution in [3.8, 4) is 11.5 Å². The van der Waals surface area contributed by atoms with E-state index in [0.717, 1.165) is 0 Å². The minimum absolute atomic E-state index is 0.157. The summed E-state index contributed by atoms with van der Waals surface area (Å²) in [6.45, 7) is 0. The van der Waals surface area contributed by atoms with Gasteiger partial charge in [-0.15, -0.1) is 0 Å². The Bertz CT molecular complexity index is 1100. The van der Waals surface area contributed by atoms with Crippen LogP contribution in [-0.4, -0.2) is 17.9 Å². The Morgan fingerprint density at radius 2 is 1.76 bits per heavy atom. The van der Waals surface area contributed by atoms with Crippen LogP contribution in [0.2, 0.25) is 0 Å². The highest BCUT2D eigenvalue weighted by molar-refractivity contribution is 6.12. The van der Waals surface area contributed by atoms with Crippen LogP contribution >= 0.6 is 0 Å². The summed E-state index contributed by atoms with van der Waals surface area (Å²) < 4.78 is 5.06. The molecular weight excluding hydrogens is 374 g/mol. The average Bonchev–Trinajstić information content (AvgIpc) is 2.74. The molecule has 0 radical (unpaired) electrons. The van der Waals surface area contributed by atoms with Gasteiger partial charge in [-0.05, 0) is 30.3 Å². The minimum Gasteiger partial charge on any atom is -0.865 e. The number of carbonyl (C=O) groups is 1. The molecule has 1 atom stereocenters. The largest absolute Gasteiger partial charge is 0.865 e. The van der Waals surface area contributed by atoms with E-state index in [-0.39, 0.29) is 11.7 Å². The number of nitrogens with one attached hydrogen (secondary N) is 1. The first-order valence-electron chi connectivity index (χ1n) is 8.78. The van der Waals surface area contributed by atoms with Gasteiger partial charge < -0.3 is 15.2 Å². The Hall–Kier alpha value is -4.07. The molecule has 0 aliphatic carbocycles. The fraction of sp³-hybridized carbons (Fsp3) is 0.0952. The summed E-state index contributed by atoms with van der Waals surface area (Å²) in [6, 6.07) is 18.6. The molecule has 3 aromatic carbocycles. The monoisotopic (exact) mass is 390 g/mol. The molecule has 0 aromatic heterocycles. The second kappa shape index (κ2) is 7.16. The number of benzene rings is 3. The average molecular weight is 390 g/mol. The van der Waals surface area contributed by atoms with Gasteiger partial charge in [0.05, 0.1) is 17.6 Å². The van der Waals surface area contributed by atoms with Crippen molar-refractivity contribution in [1.82, 2.24) is 0 Å². The van der Waals surface area contributed by atoms with Crippen molar-refractivity contribution in [2.75, 3.05) is 17.3 Å². The predicted molar refractivity (Wildman–Crippen MR) is 105 cm³/mol. The van der Waals surface area contributed by atoms with Crippen molar-refractivity contribution < 1.29 is 19.6 Å². The Balaban J connectivity index is 1.92. The number of rotatable bonds is 4. The van der Waals surface area contributed by atoms with Gasteiger partial charge >= 0.3 is 0 Å². The van der Waals surface area contributed by atoms with Crippen LogP contribution in [0, 0.1) is 10.1 Å². The maximum atomic E-state index is 13.3. The first-order chi connectivity index (χ1) is 14.0. The second-order valence-electron chi connectivity index (χ2n) is 6.43. The zero-order chi connectivity index (χ0) is 20.5. The lowest BCUT2D eigenvalue weighted by Crippen LogP contribution is -2.43. The predicted octanol–water partition coefficient (Wildman–Crippen LogP) is 3.45. The number of hydrogen-bond donors (Lipinski definition) is 1. The number of amides is 1. The summed E-state index contributed by atoms with van der Waals surface area (Å²) in [5.41, 5.74) is 1.44. The lowest BCUT2D eigenvalue weighted by molar-refractivity contribution is -0.398. The summed E-state index contributed by atoms with van der Waals surface area (Å²) in [6.07, 6.45) is -0.770. The van der Waals surface area contributed by atoms with Crippen LogP contribution in [0.25, 0.3) is 0 Å². The van der Waals surface area contributed by atoms with Crippen LogP contribution in [0.5, 0.6) is 11.5 Å². The number of para-hydroxylation sites is 2. The number of nitro groups is 1. The van der Waals surface area contributed by atoms with Gasteiger partial charge in [0, 0.05) is 28.8 Å². The van der Waals surface area contributed by atoms with E-state index in [2.05, 4.69) is 5.32 Å². The highest BCUT2D eigenvalue weighted by Crippen LogP contribution is 2.41. The van der Waals surface area contributed by atoms with Gasteiger partial charge in [0.1, 0.15) is 11.9 Å². The zero-order valence-corrected chi connectivity index (χ0v) is 15.4. The van der Waals surface area contributed by atoms with Crippen molar-refractivity contribution in [3.63, 3.8) is 0 Å². The maximum Gasteiger partial charge on any atom is 0.265 e. The first-order valence-corrected chi connectivity index (χ1v) is 8.78. The molecule has 3 aromatic rings. The molecule has 0 saturated carbocycles. The molecule has 1 aliphatic heterocycles. The van der Waals surface area contributed by atoms with E-state index in [1.54, 1.807) is 48.5 Å². The quantitative estimate of drug-likeness (QED) is 0.540. The van der Waals surface area contributed by atoms with Crippen molar-refractivity contribution >= 4 is 23.0 Å². The molecule has 1 amide bonds. The molecule has 1 aliphatic rings. The molecule has 0 saturated heterocycles. The van der Waals surface area contributed by atoms with Gasteiger partial charge in [-0.2, -0.15) is 0 Å². The third-order valence-electron chi connectivity index (χ3n) is 4.75. The van der Waals surface area contributed by atoms with Gasteiger partial charge in [0.2, 0.25) is 0 Å². The van der Waals surface area contributed by atoms with E-state index in [0.29, 0.717) is 22.5 Å². The SMILES string of the molecule is COc1cc([C@H]2Nc3ccccc3C(=O)N2c2ccccc2)cc([N+](=O)[O-])c1[O-]. The smallest absolute Gasteiger partial charge is 0.265 e. The molecule has 0 fully saturated rings. The number of nitrogens with zero attached hydrogens (tertiary/aromatic N) is 2. The molecule has 1 heterocycles. The number of methoxy groups -OCH3 is 1. The van der Waals surface area contributed by atoms with Crippen LogP contribution in [0.15, 0.2) is 66.7 Å².